The van der Waals surface area contributed by atoms with E-state index in [0.29, 0.717) is 35.5 Å². The molecule has 3 aromatic heterocycles. The van der Waals surface area contributed by atoms with Crippen LogP contribution in [-0.2, 0) is 4.79 Å². The molecule has 1 aliphatic rings. The lowest BCUT2D eigenvalue weighted by Gasteiger charge is -2.49. The summed E-state index contributed by atoms with van der Waals surface area (Å²) < 4.78 is 24.1. The van der Waals surface area contributed by atoms with Crippen LogP contribution < -0.4 is 10.1 Å². The molecule has 0 saturated carbocycles. The molecule has 1 saturated heterocycles. The van der Waals surface area contributed by atoms with Crippen molar-refractivity contribution in [2.24, 2.45) is 0 Å². The monoisotopic (exact) mass is 497 g/mol. The zero-order valence-corrected chi connectivity index (χ0v) is 20.5. The minimum absolute atomic E-state index is 0.238. The summed E-state index contributed by atoms with van der Waals surface area (Å²) in [6.45, 7) is 8.27. The first-order valence-electron chi connectivity index (χ1n) is 11.2. The third kappa shape index (κ3) is 4.28. The summed E-state index contributed by atoms with van der Waals surface area (Å²) in [7, 11) is 0. The van der Waals surface area contributed by atoms with Crippen LogP contribution in [0.5, 0.6) is 5.75 Å². The number of piperidine rings is 1. The fourth-order valence-corrected chi connectivity index (χ4v) is 5.20. The van der Waals surface area contributed by atoms with Crippen LogP contribution in [0.2, 0.25) is 5.15 Å². The summed E-state index contributed by atoms with van der Waals surface area (Å²) in [6.07, 6.45) is 2.89. The second-order valence-corrected chi connectivity index (χ2v) is 10.4. The van der Waals surface area contributed by atoms with Crippen LogP contribution in [0, 0.1) is 0 Å². The number of nitrogens with zero attached hydrogens (tertiary/aromatic N) is 6. The van der Waals surface area contributed by atoms with Crippen LogP contribution in [-0.4, -0.2) is 53.5 Å². The van der Waals surface area contributed by atoms with Gasteiger partial charge in [0, 0.05) is 34.3 Å². The molecule has 0 spiro atoms. The summed E-state index contributed by atoms with van der Waals surface area (Å²) >= 11 is 5.86. The maximum Gasteiger partial charge on any atom is 0.298 e. The molecule has 35 heavy (non-hydrogen) atoms. The minimum atomic E-state index is -1.11. The average Bonchev–Trinajstić information content (AvgIpc) is 3.41. The molecular formula is C24H25ClFN7O2. The summed E-state index contributed by atoms with van der Waals surface area (Å²) in [5.74, 6) is 0.280. The normalized spacial score (nSPS) is 21.2. The molecule has 1 aliphatic heterocycles. The molecule has 4 heterocycles. The molecule has 0 bridgehead atoms. The van der Waals surface area contributed by atoms with Gasteiger partial charge in [-0.15, -0.1) is 15.3 Å². The lowest BCUT2D eigenvalue weighted by molar-refractivity contribution is -0.120. The number of hydrogen-bond acceptors (Lipinski definition) is 7. The Morgan fingerprint density at radius 3 is 2.69 bits per heavy atom. The predicted molar refractivity (Wildman–Crippen MR) is 129 cm³/mol. The van der Waals surface area contributed by atoms with E-state index in [-0.39, 0.29) is 22.5 Å². The van der Waals surface area contributed by atoms with Crippen molar-refractivity contribution in [3.8, 4) is 22.7 Å². The van der Waals surface area contributed by atoms with Gasteiger partial charge in [-0.25, -0.2) is 9.07 Å². The van der Waals surface area contributed by atoms with Crippen LogP contribution >= 0.6 is 11.6 Å². The van der Waals surface area contributed by atoms with E-state index in [4.69, 9.17) is 16.3 Å². The highest BCUT2D eigenvalue weighted by atomic mass is 35.5. The molecule has 1 fully saturated rings. The minimum Gasteiger partial charge on any atom is -0.428 e. The molecule has 182 valence electrons. The van der Waals surface area contributed by atoms with E-state index in [1.54, 1.807) is 18.2 Å². The van der Waals surface area contributed by atoms with Gasteiger partial charge in [-0.3, -0.25) is 4.79 Å². The van der Waals surface area contributed by atoms with E-state index >= 15 is 4.39 Å². The van der Waals surface area contributed by atoms with Gasteiger partial charge in [0.05, 0.1) is 23.6 Å². The van der Waals surface area contributed by atoms with Crippen molar-refractivity contribution >= 4 is 29.1 Å². The second kappa shape index (κ2) is 8.39. The first-order chi connectivity index (χ1) is 16.6. The number of alkyl halides is 1. The Kier molecular flexibility index (Phi) is 5.60. The number of nitrogens with one attached hydrogen (secondary N) is 1. The molecule has 1 N–H and O–H groups in total. The highest BCUT2D eigenvalue weighted by molar-refractivity contribution is 6.29. The number of ether oxygens (including phenoxy) is 1. The van der Waals surface area contributed by atoms with Gasteiger partial charge in [0.15, 0.2) is 10.8 Å². The van der Waals surface area contributed by atoms with Crippen LogP contribution in [0.1, 0.15) is 40.2 Å². The van der Waals surface area contributed by atoms with E-state index in [1.165, 1.54) is 10.9 Å². The summed E-state index contributed by atoms with van der Waals surface area (Å²) in [4.78, 5) is 11.2. The Bertz CT molecular complexity index is 1410. The Morgan fingerprint density at radius 2 is 1.97 bits per heavy atom. The molecule has 0 aliphatic carbocycles. The number of hydrogen-bond donors (Lipinski definition) is 1. The Hall–Kier alpha value is -3.37. The van der Waals surface area contributed by atoms with Crippen molar-refractivity contribution in [3.63, 3.8) is 0 Å². The highest BCUT2D eigenvalue weighted by Gasteiger charge is 2.47. The molecule has 0 amide bonds. The topological polar surface area (TPSA) is 99.8 Å². The van der Waals surface area contributed by atoms with E-state index in [2.05, 4.69) is 39.7 Å². The first-order valence-corrected chi connectivity index (χ1v) is 11.6. The fourth-order valence-electron chi connectivity index (χ4n) is 5.08. The maximum atomic E-state index is 15.5. The van der Waals surface area contributed by atoms with Gasteiger partial charge in [0.2, 0.25) is 0 Å². The molecule has 2 atom stereocenters. The van der Waals surface area contributed by atoms with Gasteiger partial charge in [-0.2, -0.15) is 0 Å². The summed E-state index contributed by atoms with van der Waals surface area (Å²) in [5, 5.41) is 21.0. The molecule has 4 aromatic rings. The second-order valence-electron chi connectivity index (χ2n) is 10.0. The zero-order chi connectivity index (χ0) is 25.0. The van der Waals surface area contributed by atoms with Gasteiger partial charge in [0.25, 0.3) is 6.47 Å². The SMILES string of the molecule is CC1(C)C[C@H](n2ccc3cc(-c4ccc(-n5cc(Cl)nn5)cc4OC=O)nnc32)[C@H](F)C(C)(C)N1. The highest BCUT2D eigenvalue weighted by Crippen LogP contribution is 2.40. The van der Waals surface area contributed by atoms with Crippen molar-refractivity contribution in [2.45, 2.75) is 57.4 Å². The number of fused-ring (bicyclic) bond motifs is 1. The van der Waals surface area contributed by atoms with E-state index in [1.807, 2.05) is 36.7 Å². The number of rotatable bonds is 5. The molecule has 9 nitrogen and oxygen atoms in total. The molecule has 5 rings (SSSR count). The summed E-state index contributed by atoms with van der Waals surface area (Å²) in [6, 6.07) is 8.53. The Balaban J connectivity index is 1.53. The van der Waals surface area contributed by atoms with Crippen LogP contribution in [0.4, 0.5) is 4.39 Å². The lowest BCUT2D eigenvalue weighted by Crippen LogP contribution is -2.64. The molecule has 11 heteroatoms. The number of aromatic nitrogens is 6. The van der Waals surface area contributed by atoms with E-state index in [9.17, 15) is 4.79 Å². The number of carbonyl (C=O) groups excluding carboxylic acids is 1. The van der Waals surface area contributed by atoms with Crippen LogP contribution in [0.3, 0.4) is 0 Å². The molecule has 1 aromatic carbocycles. The summed E-state index contributed by atoms with van der Waals surface area (Å²) in [5.41, 5.74) is 1.36. The van der Waals surface area contributed by atoms with Gasteiger partial charge in [0.1, 0.15) is 11.9 Å². The van der Waals surface area contributed by atoms with Crippen molar-refractivity contribution in [1.29, 1.82) is 0 Å². The average molecular weight is 498 g/mol. The molecule has 0 radical (unpaired) electrons. The van der Waals surface area contributed by atoms with Gasteiger partial charge < -0.3 is 14.6 Å². The van der Waals surface area contributed by atoms with Crippen molar-refractivity contribution in [3.05, 3.63) is 47.9 Å². The van der Waals surface area contributed by atoms with Gasteiger partial charge in [-0.1, -0.05) is 16.8 Å². The number of halogens is 2. The van der Waals surface area contributed by atoms with Crippen molar-refractivity contribution in [2.75, 3.05) is 0 Å². The maximum absolute atomic E-state index is 15.5. The van der Waals surface area contributed by atoms with Crippen molar-refractivity contribution < 1.29 is 13.9 Å². The van der Waals surface area contributed by atoms with Crippen LogP contribution in [0.25, 0.3) is 28.0 Å². The van der Waals surface area contributed by atoms with Gasteiger partial charge >= 0.3 is 0 Å². The number of benzene rings is 1. The Morgan fingerprint density at radius 1 is 1.17 bits per heavy atom. The van der Waals surface area contributed by atoms with E-state index < -0.39 is 11.7 Å². The molecule has 0 unspecified atom stereocenters. The van der Waals surface area contributed by atoms with Gasteiger partial charge in [-0.05, 0) is 58.4 Å². The van der Waals surface area contributed by atoms with Crippen molar-refractivity contribution in [1.82, 2.24) is 35.1 Å². The zero-order valence-electron chi connectivity index (χ0n) is 19.7. The predicted octanol–water partition coefficient (Wildman–Crippen LogP) is 4.30. The van der Waals surface area contributed by atoms with E-state index in [0.717, 1.165) is 5.39 Å². The third-order valence-corrected chi connectivity index (χ3v) is 6.55. The standard InChI is InChI=1S/C24H25ClFN7O2/c1-23(2)11-18(21(26)24(3,4)30-23)32-8-7-14-9-17(27-29-22(14)32)16-6-5-15(10-19(16)35-13-34)33-12-20(25)28-31-33/h5-10,12-13,18,21,30H,11H2,1-4H3/t18-,21-/m0/s1. The van der Waals surface area contributed by atoms with Crippen LogP contribution in [0.15, 0.2) is 42.7 Å². The number of carbonyl (C=O) groups is 1. The largest absolute Gasteiger partial charge is 0.428 e. The Labute approximate surface area is 206 Å². The third-order valence-electron chi connectivity index (χ3n) is 6.37. The fraction of sp³-hybridized carbons (Fsp3) is 0.375. The quantitative estimate of drug-likeness (QED) is 0.410. The first kappa shape index (κ1) is 23.4. The molecular weight excluding hydrogens is 473 g/mol. The smallest absolute Gasteiger partial charge is 0.298 e. The lowest BCUT2D eigenvalue weighted by atomic mass is 9.78.